The van der Waals surface area contributed by atoms with Gasteiger partial charge in [-0.2, -0.15) is 4.31 Å². The fourth-order valence-electron chi connectivity index (χ4n) is 2.96. The minimum Gasteiger partial charge on any atom is -0.496 e. The number of amides is 1. The molecule has 1 N–H and O–H groups in total. The van der Waals surface area contributed by atoms with Crippen molar-refractivity contribution in [3.8, 4) is 5.75 Å². The van der Waals surface area contributed by atoms with Gasteiger partial charge in [0.15, 0.2) is 5.78 Å². The Balaban J connectivity index is 2.22. The Kier molecular flexibility index (Phi) is 7.53. The Morgan fingerprint density at radius 2 is 1.76 bits per heavy atom. The summed E-state index contributed by atoms with van der Waals surface area (Å²) in [5.74, 6) is 0.0491. The molecular formula is C21H26N2O5S. The first-order valence-corrected chi connectivity index (χ1v) is 10.7. The van der Waals surface area contributed by atoms with Crippen molar-refractivity contribution in [3.63, 3.8) is 0 Å². The zero-order valence-corrected chi connectivity index (χ0v) is 17.9. The molecule has 7 nitrogen and oxygen atoms in total. The molecule has 2 aromatic rings. The van der Waals surface area contributed by atoms with Gasteiger partial charge < -0.3 is 10.1 Å². The van der Waals surface area contributed by atoms with Crippen LogP contribution in [0.5, 0.6) is 5.75 Å². The van der Waals surface area contributed by atoms with E-state index < -0.39 is 10.0 Å². The molecule has 0 atom stereocenters. The molecule has 0 bridgehead atoms. The molecule has 0 radical (unpaired) electrons. The van der Waals surface area contributed by atoms with Crippen molar-refractivity contribution in [2.75, 3.05) is 25.5 Å². The zero-order valence-electron chi connectivity index (χ0n) is 17.1. The van der Waals surface area contributed by atoms with Gasteiger partial charge in [0, 0.05) is 29.9 Å². The molecule has 0 fully saturated rings. The number of hydrogen-bond acceptors (Lipinski definition) is 5. The summed E-state index contributed by atoms with van der Waals surface area (Å²) in [6.45, 7) is 5.72. The van der Waals surface area contributed by atoms with Crippen LogP contribution < -0.4 is 10.1 Å². The SMILES string of the molecule is CCN(CC)S(=O)(=O)c1cccc(NC(=O)Cc2cc(C(C)=O)ccc2OC)c1. The number of Topliss-reactive ketones (excluding diaryl/α,β-unsaturated/α-hetero) is 1. The molecule has 0 aliphatic carbocycles. The molecule has 0 aliphatic rings. The van der Waals surface area contributed by atoms with Crippen LogP contribution in [0, 0.1) is 0 Å². The predicted octanol–water partition coefficient (Wildman–Crippen LogP) is 3.11. The number of methoxy groups -OCH3 is 1. The van der Waals surface area contributed by atoms with Gasteiger partial charge in [-0.05, 0) is 43.3 Å². The lowest BCUT2D eigenvalue weighted by Gasteiger charge is -2.19. The highest BCUT2D eigenvalue weighted by Crippen LogP contribution is 2.23. The maximum absolute atomic E-state index is 12.7. The maximum Gasteiger partial charge on any atom is 0.243 e. The summed E-state index contributed by atoms with van der Waals surface area (Å²) in [5.41, 5.74) is 1.44. The van der Waals surface area contributed by atoms with Gasteiger partial charge in [0.2, 0.25) is 15.9 Å². The molecule has 0 heterocycles. The molecule has 0 aromatic heterocycles. The standard InChI is InChI=1S/C21H26N2O5S/c1-5-23(6-2)29(26,27)19-9-7-8-18(14-19)22-21(25)13-17-12-16(15(3)24)10-11-20(17)28-4/h7-12,14H,5-6,13H2,1-4H3,(H,22,25). The number of nitrogens with one attached hydrogen (secondary N) is 1. The summed E-state index contributed by atoms with van der Waals surface area (Å²) in [6, 6.07) is 11.1. The van der Waals surface area contributed by atoms with E-state index in [1.165, 1.54) is 30.5 Å². The number of carbonyl (C=O) groups excluding carboxylic acids is 2. The largest absolute Gasteiger partial charge is 0.496 e. The number of nitrogens with zero attached hydrogens (tertiary/aromatic N) is 1. The molecule has 2 rings (SSSR count). The van der Waals surface area contributed by atoms with Gasteiger partial charge in [-0.25, -0.2) is 8.42 Å². The van der Waals surface area contributed by atoms with Gasteiger partial charge in [-0.1, -0.05) is 19.9 Å². The Hall–Kier alpha value is -2.71. The number of carbonyl (C=O) groups is 2. The van der Waals surface area contributed by atoms with Crippen LogP contribution in [0.4, 0.5) is 5.69 Å². The van der Waals surface area contributed by atoms with E-state index in [1.807, 2.05) is 0 Å². The minimum absolute atomic E-state index is 0.0166. The molecule has 0 aliphatic heterocycles. The topological polar surface area (TPSA) is 92.8 Å². The van der Waals surface area contributed by atoms with Gasteiger partial charge in [0.05, 0.1) is 18.4 Å². The van der Waals surface area contributed by atoms with Crippen LogP contribution in [0.2, 0.25) is 0 Å². The molecule has 1 amide bonds. The van der Waals surface area contributed by atoms with Crippen LogP contribution in [0.15, 0.2) is 47.4 Å². The molecule has 29 heavy (non-hydrogen) atoms. The summed E-state index contributed by atoms with van der Waals surface area (Å²) in [7, 11) is -2.13. The van der Waals surface area contributed by atoms with Crippen LogP contribution in [0.1, 0.15) is 36.7 Å². The second kappa shape index (κ2) is 9.67. The van der Waals surface area contributed by atoms with Gasteiger partial charge >= 0.3 is 0 Å². The van der Waals surface area contributed by atoms with Crippen LogP contribution in [0.3, 0.4) is 0 Å². The van der Waals surface area contributed by atoms with Gasteiger partial charge in [-0.3, -0.25) is 9.59 Å². The van der Waals surface area contributed by atoms with Crippen LogP contribution in [-0.4, -0.2) is 44.6 Å². The lowest BCUT2D eigenvalue weighted by molar-refractivity contribution is -0.115. The van der Waals surface area contributed by atoms with E-state index in [0.717, 1.165) is 0 Å². The highest BCUT2D eigenvalue weighted by molar-refractivity contribution is 7.89. The highest BCUT2D eigenvalue weighted by Gasteiger charge is 2.22. The summed E-state index contributed by atoms with van der Waals surface area (Å²) in [4.78, 5) is 24.3. The lowest BCUT2D eigenvalue weighted by Crippen LogP contribution is -2.30. The van der Waals surface area contributed by atoms with Gasteiger partial charge in [-0.15, -0.1) is 0 Å². The molecule has 8 heteroatoms. The van der Waals surface area contributed by atoms with E-state index in [1.54, 1.807) is 44.2 Å². The van der Waals surface area contributed by atoms with E-state index in [4.69, 9.17) is 4.74 Å². The quantitative estimate of drug-likeness (QED) is 0.632. The number of anilines is 1. The summed E-state index contributed by atoms with van der Waals surface area (Å²) < 4.78 is 32.0. The van der Waals surface area contributed by atoms with Crippen molar-refractivity contribution in [2.24, 2.45) is 0 Å². The monoisotopic (exact) mass is 418 g/mol. The van der Waals surface area contributed by atoms with Crippen LogP contribution in [0.25, 0.3) is 0 Å². The van der Waals surface area contributed by atoms with Crippen LogP contribution in [-0.2, 0) is 21.2 Å². The smallest absolute Gasteiger partial charge is 0.243 e. The first kappa shape index (κ1) is 22.6. The molecule has 156 valence electrons. The Bertz CT molecular complexity index is 998. The summed E-state index contributed by atoms with van der Waals surface area (Å²) in [6.07, 6.45) is -0.0166. The van der Waals surface area contributed by atoms with E-state index in [9.17, 15) is 18.0 Å². The van der Waals surface area contributed by atoms with Gasteiger partial charge in [0.25, 0.3) is 0 Å². The number of ketones is 1. The Labute approximate surface area is 171 Å². The van der Waals surface area contributed by atoms with Gasteiger partial charge in [0.1, 0.15) is 5.75 Å². The molecule has 0 saturated carbocycles. The van der Waals surface area contributed by atoms with Crippen molar-refractivity contribution >= 4 is 27.4 Å². The number of benzene rings is 2. The van der Waals surface area contributed by atoms with E-state index in [-0.39, 0.29) is 23.0 Å². The third kappa shape index (κ3) is 5.42. The molecule has 0 unspecified atom stereocenters. The average Bonchev–Trinajstić information content (AvgIpc) is 2.68. The fraction of sp³-hybridized carbons (Fsp3) is 0.333. The minimum atomic E-state index is -3.62. The Morgan fingerprint density at radius 1 is 1.07 bits per heavy atom. The molecular weight excluding hydrogens is 392 g/mol. The van der Waals surface area contributed by atoms with E-state index >= 15 is 0 Å². The number of ether oxygens (including phenoxy) is 1. The molecule has 2 aromatic carbocycles. The average molecular weight is 419 g/mol. The summed E-state index contributed by atoms with van der Waals surface area (Å²) >= 11 is 0. The molecule has 0 spiro atoms. The van der Waals surface area contributed by atoms with Crippen molar-refractivity contribution < 1.29 is 22.7 Å². The first-order valence-electron chi connectivity index (χ1n) is 9.30. The lowest BCUT2D eigenvalue weighted by atomic mass is 10.0. The van der Waals surface area contributed by atoms with Crippen molar-refractivity contribution in [2.45, 2.75) is 32.1 Å². The van der Waals surface area contributed by atoms with Crippen molar-refractivity contribution in [3.05, 3.63) is 53.6 Å². The highest BCUT2D eigenvalue weighted by atomic mass is 32.2. The first-order chi connectivity index (χ1) is 13.7. The van der Waals surface area contributed by atoms with Crippen molar-refractivity contribution in [1.82, 2.24) is 4.31 Å². The van der Waals surface area contributed by atoms with Crippen LogP contribution >= 0.6 is 0 Å². The number of rotatable bonds is 9. The molecule has 0 saturated heterocycles. The maximum atomic E-state index is 12.7. The fourth-order valence-corrected chi connectivity index (χ4v) is 4.47. The Morgan fingerprint density at radius 3 is 2.34 bits per heavy atom. The predicted molar refractivity (Wildman–Crippen MR) is 112 cm³/mol. The third-order valence-electron chi connectivity index (χ3n) is 4.50. The van der Waals surface area contributed by atoms with E-state index in [2.05, 4.69) is 5.32 Å². The zero-order chi connectivity index (χ0) is 21.6. The normalized spacial score (nSPS) is 11.3. The summed E-state index contributed by atoms with van der Waals surface area (Å²) in [5, 5.41) is 2.72. The second-order valence-corrected chi connectivity index (χ2v) is 8.36. The van der Waals surface area contributed by atoms with Crippen molar-refractivity contribution in [1.29, 1.82) is 0 Å². The van der Waals surface area contributed by atoms with E-state index in [0.29, 0.717) is 35.7 Å². The second-order valence-electron chi connectivity index (χ2n) is 6.42. The number of hydrogen-bond donors (Lipinski definition) is 1. The third-order valence-corrected chi connectivity index (χ3v) is 6.54. The number of sulfonamides is 1.